The van der Waals surface area contributed by atoms with Crippen LogP contribution in [0.4, 0.5) is 4.79 Å². The van der Waals surface area contributed by atoms with E-state index in [1.807, 2.05) is 0 Å². The highest BCUT2D eigenvalue weighted by atomic mass is 16.2. The SMILES string of the molecule is CC1C2CCC(C2)C1(C)NC(N)=O. The third kappa shape index (κ3) is 1.13. The van der Waals surface area contributed by atoms with E-state index in [-0.39, 0.29) is 11.6 Å². The fourth-order valence-electron chi connectivity index (χ4n) is 3.36. The number of amides is 2. The molecule has 13 heavy (non-hydrogen) atoms. The monoisotopic (exact) mass is 182 g/mol. The van der Waals surface area contributed by atoms with Gasteiger partial charge in [0.2, 0.25) is 0 Å². The molecule has 3 heteroatoms. The number of carbonyl (C=O) groups is 1. The normalized spacial score (nSPS) is 48.0. The zero-order chi connectivity index (χ0) is 9.64. The quantitative estimate of drug-likeness (QED) is 0.634. The average molecular weight is 182 g/mol. The number of fused-ring (bicyclic) bond motifs is 2. The summed E-state index contributed by atoms with van der Waals surface area (Å²) in [5.74, 6) is 2.04. The maximum Gasteiger partial charge on any atom is 0.312 e. The Morgan fingerprint density at radius 3 is 2.69 bits per heavy atom. The van der Waals surface area contributed by atoms with Crippen molar-refractivity contribution in [3.8, 4) is 0 Å². The highest BCUT2D eigenvalue weighted by Gasteiger charge is 2.53. The molecular weight excluding hydrogens is 164 g/mol. The topological polar surface area (TPSA) is 55.1 Å². The first-order valence-electron chi connectivity index (χ1n) is 5.11. The van der Waals surface area contributed by atoms with Gasteiger partial charge >= 0.3 is 6.03 Å². The van der Waals surface area contributed by atoms with E-state index in [9.17, 15) is 4.79 Å². The molecule has 0 aliphatic heterocycles. The van der Waals surface area contributed by atoms with Gasteiger partial charge in [0, 0.05) is 5.54 Å². The van der Waals surface area contributed by atoms with E-state index in [4.69, 9.17) is 5.73 Å². The van der Waals surface area contributed by atoms with Gasteiger partial charge in [0.05, 0.1) is 0 Å². The summed E-state index contributed by atoms with van der Waals surface area (Å²) in [6.45, 7) is 4.38. The van der Waals surface area contributed by atoms with Gasteiger partial charge in [0.1, 0.15) is 0 Å². The van der Waals surface area contributed by atoms with Crippen LogP contribution < -0.4 is 11.1 Å². The summed E-state index contributed by atoms with van der Waals surface area (Å²) in [6.07, 6.45) is 3.87. The molecule has 2 amide bonds. The zero-order valence-electron chi connectivity index (χ0n) is 8.34. The van der Waals surface area contributed by atoms with Crippen molar-refractivity contribution in [1.29, 1.82) is 0 Å². The minimum Gasteiger partial charge on any atom is -0.352 e. The van der Waals surface area contributed by atoms with Crippen LogP contribution in [-0.2, 0) is 0 Å². The van der Waals surface area contributed by atoms with E-state index in [0.29, 0.717) is 11.8 Å². The van der Waals surface area contributed by atoms with Crippen LogP contribution in [-0.4, -0.2) is 11.6 Å². The largest absolute Gasteiger partial charge is 0.352 e. The van der Waals surface area contributed by atoms with Crippen molar-refractivity contribution in [2.45, 2.75) is 38.6 Å². The van der Waals surface area contributed by atoms with Crippen molar-refractivity contribution >= 4 is 6.03 Å². The predicted octanol–water partition coefficient (Wildman–Crippen LogP) is 1.48. The van der Waals surface area contributed by atoms with Crippen LogP contribution in [0.3, 0.4) is 0 Å². The van der Waals surface area contributed by atoms with Crippen LogP contribution >= 0.6 is 0 Å². The molecule has 2 saturated carbocycles. The number of urea groups is 1. The molecule has 0 aromatic carbocycles. The molecule has 4 atom stereocenters. The second-order valence-corrected chi connectivity index (χ2v) is 4.83. The molecule has 0 spiro atoms. The third-order valence-electron chi connectivity index (χ3n) is 4.37. The maximum atomic E-state index is 10.9. The van der Waals surface area contributed by atoms with Crippen LogP contribution in [0.1, 0.15) is 33.1 Å². The number of nitrogens with two attached hydrogens (primary N) is 1. The second kappa shape index (κ2) is 2.63. The summed E-state index contributed by atoms with van der Waals surface area (Å²) >= 11 is 0. The van der Waals surface area contributed by atoms with Crippen molar-refractivity contribution in [1.82, 2.24) is 5.32 Å². The minimum atomic E-state index is -0.373. The van der Waals surface area contributed by atoms with Gasteiger partial charge in [-0.15, -0.1) is 0 Å². The van der Waals surface area contributed by atoms with E-state index in [1.165, 1.54) is 19.3 Å². The van der Waals surface area contributed by atoms with Gasteiger partial charge in [-0.25, -0.2) is 4.79 Å². The molecule has 74 valence electrons. The minimum absolute atomic E-state index is 0.0330. The Morgan fingerprint density at radius 2 is 2.23 bits per heavy atom. The summed E-state index contributed by atoms with van der Waals surface area (Å²) in [5, 5.41) is 2.94. The van der Waals surface area contributed by atoms with Crippen LogP contribution in [0.5, 0.6) is 0 Å². The van der Waals surface area contributed by atoms with Crippen molar-refractivity contribution in [2.75, 3.05) is 0 Å². The van der Waals surface area contributed by atoms with Crippen LogP contribution in [0.25, 0.3) is 0 Å². The molecular formula is C10H18N2O. The Labute approximate surface area is 79.1 Å². The fraction of sp³-hybridized carbons (Fsp3) is 0.900. The standard InChI is InChI=1S/C10H18N2O/c1-6-7-3-4-8(5-7)10(6,2)12-9(11)13/h6-8H,3-5H2,1-2H3,(H3,11,12,13). The number of nitrogens with one attached hydrogen (secondary N) is 1. The molecule has 4 unspecified atom stereocenters. The molecule has 2 aliphatic rings. The molecule has 3 nitrogen and oxygen atoms in total. The highest BCUT2D eigenvalue weighted by Crippen LogP contribution is 2.54. The Bertz CT molecular complexity index is 237. The summed E-state index contributed by atoms with van der Waals surface area (Å²) in [6, 6.07) is -0.373. The number of rotatable bonds is 1. The Morgan fingerprint density at radius 1 is 1.54 bits per heavy atom. The maximum absolute atomic E-state index is 10.9. The van der Waals surface area contributed by atoms with Gasteiger partial charge in [-0.2, -0.15) is 0 Å². The lowest BCUT2D eigenvalue weighted by Crippen LogP contribution is -2.55. The smallest absolute Gasteiger partial charge is 0.312 e. The Balaban J connectivity index is 2.17. The molecule has 3 N–H and O–H groups in total. The van der Waals surface area contributed by atoms with E-state index < -0.39 is 0 Å². The molecule has 2 fully saturated rings. The van der Waals surface area contributed by atoms with Crippen LogP contribution in [0.2, 0.25) is 0 Å². The van der Waals surface area contributed by atoms with Crippen molar-refractivity contribution in [2.24, 2.45) is 23.5 Å². The summed E-state index contributed by atoms with van der Waals surface area (Å²) in [4.78, 5) is 10.9. The van der Waals surface area contributed by atoms with Gasteiger partial charge in [0.25, 0.3) is 0 Å². The van der Waals surface area contributed by atoms with Crippen molar-refractivity contribution < 1.29 is 4.79 Å². The fourth-order valence-corrected chi connectivity index (χ4v) is 3.36. The van der Waals surface area contributed by atoms with Gasteiger partial charge in [-0.1, -0.05) is 6.92 Å². The Kier molecular flexibility index (Phi) is 1.79. The molecule has 0 aromatic rings. The zero-order valence-corrected chi connectivity index (χ0v) is 8.34. The number of hydrogen-bond donors (Lipinski definition) is 2. The number of carbonyl (C=O) groups excluding carboxylic acids is 1. The van der Waals surface area contributed by atoms with Gasteiger partial charge in [-0.05, 0) is 43.9 Å². The third-order valence-corrected chi connectivity index (χ3v) is 4.37. The second-order valence-electron chi connectivity index (χ2n) is 4.83. The molecule has 0 saturated heterocycles. The molecule has 0 aromatic heterocycles. The van der Waals surface area contributed by atoms with Crippen molar-refractivity contribution in [3.63, 3.8) is 0 Å². The van der Waals surface area contributed by atoms with Crippen molar-refractivity contribution in [3.05, 3.63) is 0 Å². The molecule has 2 rings (SSSR count). The van der Waals surface area contributed by atoms with Crippen LogP contribution in [0, 0.1) is 17.8 Å². The number of primary amides is 1. The first-order valence-corrected chi connectivity index (χ1v) is 5.11. The average Bonchev–Trinajstić information content (AvgIpc) is 2.54. The lowest BCUT2D eigenvalue weighted by Gasteiger charge is -2.39. The molecule has 2 aliphatic carbocycles. The predicted molar refractivity (Wildman–Crippen MR) is 51.1 cm³/mol. The van der Waals surface area contributed by atoms with Gasteiger partial charge < -0.3 is 11.1 Å². The van der Waals surface area contributed by atoms with Gasteiger partial charge in [-0.3, -0.25) is 0 Å². The van der Waals surface area contributed by atoms with Crippen LogP contribution in [0.15, 0.2) is 0 Å². The van der Waals surface area contributed by atoms with E-state index in [1.54, 1.807) is 0 Å². The van der Waals surface area contributed by atoms with E-state index >= 15 is 0 Å². The molecule has 2 bridgehead atoms. The Hall–Kier alpha value is -0.730. The molecule has 0 radical (unpaired) electrons. The highest BCUT2D eigenvalue weighted by molar-refractivity contribution is 5.72. The van der Waals surface area contributed by atoms with Gasteiger partial charge in [0.15, 0.2) is 0 Å². The first kappa shape index (κ1) is 8.85. The first-order chi connectivity index (χ1) is 6.04. The van der Waals surface area contributed by atoms with E-state index in [2.05, 4.69) is 19.2 Å². The van der Waals surface area contributed by atoms with E-state index in [0.717, 1.165) is 5.92 Å². The summed E-state index contributed by atoms with van der Waals surface area (Å²) in [5.41, 5.74) is 5.17. The summed E-state index contributed by atoms with van der Waals surface area (Å²) < 4.78 is 0. The summed E-state index contributed by atoms with van der Waals surface area (Å²) in [7, 11) is 0. The number of hydrogen-bond acceptors (Lipinski definition) is 1. The molecule has 0 heterocycles. The lowest BCUT2D eigenvalue weighted by molar-refractivity contribution is 0.163. The lowest BCUT2D eigenvalue weighted by atomic mass is 9.75.